The number of aromatic nitrogens is 2. The Balaban J connectivity index is 2.71. The van der Waals surface area contributed by atoms with Crippen molar-refractivity contribution in [1.29, 1.82) is 0 Å². The number of ether oxygens (including phenoxy) is 1. The molecule has 1 atom stereocenters. The van der Waals surface area contributed by atoms with Gasteiger partial charge in [-0.15, -0.1) is 0 Å². The summed E-state index contributed by atoms with van der Waals surface area (Å²) in [4.78, 5) is 11.0. The zero-order valence-corrected chi connectivity index (χ0v) is 9.17. The van der Waals surface area contributed by atoms with Gasteiger partial charge in [0.2, 0.25) is 0 Å². The molecule has 0 fully saturated rings. The smallest absolute Gasteiger partial charge is 0.341 e. The molecule has 0 radical (unpaired) electrons. The predicted molar refractivity (Wildman–Crippen MR) is 54.0 cm³/mol. The summed E-state index contributed by atoms with van der Waals surface area (Å²) in [5, 5.41) is 13.6. The minimum Gasteiger partial charge on any atom is -0.467 e. The highest BCUT2D eigenvalue weighted by molar-refractivity contribution is 5.75. The molecule has 0 aliphatic rings. The Labute approximate surface area is 88.7 Å². The third-order valence-electron chi connectivity index (χ3n) is 1.92. The summed E-state index contributed by atoms with van der Waals surface area (Å²) in [5.41, 5.74) is 0.322. The number of esters is 1. The van der Waals surface area contributed by atoms with Gasteiger partial charge >= 0.3 is 5.97 Å². The van der Waals surface area contributed by atoms with Crippen molar-refractivity contribution in [2.24, 2.45) is 5.92 Å². The second kappa shape index (κ2) is 4.93. The Morgan fingerprint density at radius 3 is 2.87 bits per heavy atom. The average molecular weight is 212 g/mol. The molecule has 1 rings (SSSR count). The third kappa shape index (κ3) is 3.06. The summed E-state index contributed by atoms with van der Waals surface area (Å²) in [7, 11) is 1.23. The summed E-state index contributed by atoms with van der Waals surface area (Å²) in [6.07, 6.45) is 0.449. The Morgan fingerprint density at radius 2 is 2.33 bits per heavy atom. The molecule has 0 amide bonds. The van der Waals surface area contributed by atoms with Crippen LogP contribution in [-0.4, -0.2) is 28.0 Å². The van der Waals surface area contributed by atoms with Gasteiger partial charge in [0, 0.05) is 12.7 Å². The number of nitrogens with zero attached hydrogens (tertiary/aromatic N) is 2. The van der Waals surface area contributed by atoms with Gasteiger partial charge < -0.3 is 9.84 Å². The lowest BCUT2D eigenvalue weighted by atomic mass is 10.2. The fraction of sp³-hybridized carbons (Fsp3) is 0.600. The van der Waals surface area contributed by atoms with Gasteiger partial charge in [0.05, 0.1) is 7.11 Å². The summed E-state index contributed by atoms with van der Waals surface area (Å²) in [6, 6.07) is 1.62. The number of hydrogen-bond acceptors (Lipinski definition) is 4. The molecule has 0 bridgehead atoms. The summed E-state index contributed by atoms with van der Waals surface area (Å²) in [5.74, 6) is -0.224. The quantitative estimate of drug-likeness (QED) is 0.748. The number of methoxy groups -OCH3 is 1. The van der Waals surface area contributed by atoms with E-state index >= 15 is 0 Å². The molecule has 5 nitrogen and oxygen atoms in total. The molecule has 0 aliphatic heterocycles. The first kappa shape index (κ1) is 11.7. The van der Waals surface area contributed by atoms with Crippen LogP contribution in [0.3, 0.4) is 0 Å². The Morgan fingerprint density at radius 1 is 1.67 bits per heavy atom. The minimum atomic E-state index is -1.29. The van der Waals surface area contributed by atoms with Crippen LogP contribution in [-0.2, 0) is 16.1 Å². The van der Waals surface area contributed by atoms with Crippen molar-refractivity contribution in [2.75, 3.05) is 7.11 Å². The van der Waals surface area contributed by atoms with E-state index < -0.39 is 12.1 Å². The van der Waals surface area contributed by atoms with Crippen molar-refractivity contribution in [3.8, 4) is 0 Å². The van der Waals surface area contributed by atoms with Gasteiger partial charge in [-0.3, -0.25) is 4.68 Å². The van der Waals surface area contributed by atoms with Crippen LogP contribution in [0.25, 0.3) is 0 Å². The minimum absolute atomic E-state index is 0.322. The van der Waals surface area contributed by atoms with Crippen LogP contribution in [0.15, 0.2) is 12.3 Å². The monoisotopic (exact) mass is 212 g/mol. The highest BCUT2D eigenvalue weighted by Crippen LogP contribution is 2.11. The van der Waals surface area contributed by atoms with Crippen molar-refractivity contribution < 1.29 is 14.6 Å². The molecule has 1 unspecified atom stereocenters. The number of aliphatic hydroxyl groups excluding tert-OH is 1. The topological polar surface area (TPSA) is 64.3 Å². The number of carbonyl (C=O) groups excluding carboxylic acids is 1. The number of carbonyl (C=O) groups is 1. The van der Waals surface area contributed by atoms with E-state index in [0.29, 0.717) is 11.6 Å². The van der Waals surface area contributed by atoms with Crippen LogP contribution < -0.4 is 0 Å². The van der Waals surface area contributed by atoms with E-state index in [1.807, 2.05) is 0 Å². The van der Waals surface area contributed by atoms with Gasteiger partial charge in [-0.25, -0.2) is 4.79 Å². The lowest BCUT2D eigenvalue weighted by Crippen LogP contribution is -2.15. The van der Waals surface area contributed by atoms with Crippen molar-refractivity contribution in [3.63, 3.8) is 0 Å². The normalized spacial score (nSPS) is 12.9. The van der Waals surface area contributed by atoms with E-state index in [1.165, 1.54) is 7.11 Å². The van der Waals surface area contributed by atoms with Crippen molar-refractivity contribution >= 4 is 5.97 Å². The molecule has 0 aromatic carbocycles. The number of rotatable bonds is 4. The molecule has 1 aromatic rings. The molecule has 0 saturated heterocycles. The lowest BCUT2D eigenvalue weighted by molar-refractivity contribution is -0.150. The second-order valence-electron chi connectivity index (χ2n) is 3.78. The molecule has 1 heterocycles. The number of hydrogen-bond donors (Lipinski definition) is 1. The summed E-state index contributed by atoms with van der Waals surface area (Å²) < 4.78 is 6.12. The van der Waals surface area contributed by atoms with Crippen molar-refractivity contribution in [2.45, 2.75) is 26.5 Å². The van der Waals surface area contributed by atoms with Crippen LogP contribution in [0.1, 0.15) is 25.6 Å². The molecule has 0 spiro atoms. The fourth-order valence-corrected chi connectivity index (χ4v) is 1.23. The Kier molecular flexibility index (Phi) is 3.85. The maximum absolute atomic E-state index is 11.0. The van der Waals surface area contributed by atoms with Gasteiger partial charge in [0.1, 0.15) is 5.69 Å². The number of aliphatic hydroxyl groups is 1. The summed E-state index contributed by atoms with van der Waals surface area (Å²) >= 11 is 0. The largest absolute Gasteiger partial charge is 0.467 e. The van der Waals surface area contributed by atoms with Gasteiger partial charge in [0.25, 0.3) is 0 Å². The fourth-order valence-electron chi connectivity index (χ4n) is 1.23. The maximum Gasteiger partial charge on any atom is 0.341 e. The van der Waals surface area contributed by atoms with Crippen LogP contribution in [0.4, 0.5) is 0 Å². The molecule has 0 saturated carbocycles. The average Bonchev–Trinajstić information content (AvgIpc) is 2.63. The molecule has 1 aromatic heterocycles. The van der Waals surface area contributed by atoms with E-state index in [1.54, 1.807) is 16.9 Å². The van der Waals surface area contributed by atoms with Crippen LogP contribution in [0.2, 0.25) is 0 Å². The molecular weight excluding hydrogens is 196 g/mol. The standard InChI is InChI=1S/C10H16N2O3/c1-7(2)6-12-5-4-8(11-12)9(13)10(14)15-3/h4-5,7,9,13H,6H2,1-3H3. The zero-order chi connectivity index (χ0) is 11.4. The van der Waals surface area contributed by atoms with E-state index in [4.69, 9.17) is 0 Å². The van der Waals surface area contributed by atoms with E-state index in [-0.39, 0.29) is 0 Å². The van der Waals surface area contributed by atoms with Crippen LogP contribution in [0, 0.1) is 5.92 Å². The Bertz CT molecular complexity index is 333. The Hall–Kier alpha value is -1.36. The molecule has 84 valence electrons. The second-order valence-corrected chi connectivity index (χ2v) is 3.78. The van der Waals surface area contributed by atoms with Gasteiger partial charge in [0.15, 0.2) is 6.10 Å². The third-order valence-corrected chi connectivity index (χ3v) is 1.92. The van der Waals surface area contributed by atoms with E-state index in [2.05, 4.69) is 23.7 Å². The summed E-state index contributed by atoms with van der Waals surface area (Å²) in [6.45, 7) is 4.89. The first-order valence-electron chi connectivity index (χ1n) is 4.84. The van der Waals surface area contributed by atoms with Crippen LogP contribution >= 0.6 is 0 Å². The van der Waals surface area contributed by atoms with Gasteiger partial charge in [-0.1, -0.05) is 13.8 Å². The maximum atomic E-state index is 11.0. The van der Waals surface area contributed by atoms with Crippen molar-refractivity contribution in [1.82, 2.24) is 9.78 Å². The molecular formula is C10H16N2O3. The molecule has 1 N–H and O–H groups in total. The van der Waals surface area contributed by atoms with Gasteiger partial charge in [-0.2, -0.15) is 5.10 Å². The molecule has 15 heavy (non-hydrogen) atoms. The lowest BCUT2D eigenvalue weighted by Gasteiger charge is -2.06. The first-order valence-corrected chi connectivity index (χ1v) is 4.84. The molecule has 0 aliphatic carbocycles. The predicted octanol–water partition coefficient (Wildman–Crippen LogP) is 0.745. The highest BCUT2D eigenvalue weighted by Gasteiger charge is 2.20. The SMILES string of the molecule is COC(=O)C(O)c1ccn(CC(C)C)n1. The van der Waals surface area contributed by atoms with Crippen molar-refractivity contribution in [3.05, 3.63) is 18.0 Å². The van der Waals surface area contributed by atoms with Gasteiger partial charge in [-0.05, 0) is 12.0 Å². The zero-order valence-electron chi connectivity index (χ0n) is 9.17. The van der Waals surface area contributed by atoms with Crippen LogP contribution in [0.5, 0.6) is 0 Å². The van der Waals surface area contributed by atoms with E-state index in [9.17, 15) is 9.90 Å². The van der Waals surface area contributed by atoms with E-state index in [0.717, 1.165) is 6.54 Å². The highest BCUT2D eigenvalue weighted by atomic mass is 16.5. The molecule has 5 heteroatoms. The first-order chi connectivity index (χ1) is 7.04.